The summed E-state index contributed by atoms with van der Waals surface area (Å²) in [6.07, 6.45) is 2.16. The number of aliphatic hydroxyl groups excluding tert-OH is 1. The molecule has 0 spiro atoms. The first-order chi connectivity index (χ1) is 7.08. The van der Waals surface area contributed by atoms with Crippen molar-refractivity contribution in [2.75, 3.05) is 13.1 Å². The van der Waals surface area contributed by atoms with E-state index in [1.54, 1.807) is 15.5 Å². The zero-order valence-corrected chi connectivity index (χ0v) is 10.1. The van der Waals surface area contributed by atoms with Crippen LogP contribution >= 0.6 is 15.9 Å². The summed E-state index contributed by atoms with van der Waals surface area (Å²) in [5.41, 5.74) is 0.649. The van der Waals surface area contributed by atoms with E-state index >= 15 is 0 Å². The van der Waals surface area contributed by atoms with Crippen molar-refractivity contribution >= 4 is 21.8 Å². The van der Waals surface area contributed by atoms with Crippen LogP contribution in [0.25, 0.3) is 0 Å². The van der Waals surface area contributed by atoms with Gasteiger partial charge in [-0.2, -0.15) is 0 Å². The third kappa shape index (κ3) is 2.08. The fraction of sp³-hybridized carbons (Fsp3) is 0.500. The van der Waals surface area contributed by atoms with Gasteiger partial charge in [0.25, 0.3) is 5.91 Å². The van der Waals surface area contributed by atoms with Crippen LogP contribution in [0.4, 0.5) is 0 Å². The number of aryl methyl sites for hydroxylation is 1. The van der Waals surface area contributed by atoms with Crippen molar-refractivity contribution in [3.05, 3.63) is 22.4 Å². The average molecular weight is 273 g/mol. The maximum absolute atomic E-state index is 12.0. The van der Waals surface area contributed by atoms with Crippen LogP contribution in [0.3, 0.4) is 0 Å². The van der Waals surface area contributed by atoms with Gasteiger partial charge >= 0.3 is 0 Å². The zero-order valence-electron chi connectivity index (χ0n) is 8.48. The highest BCUT2D eigenvalue weighted by atomic mass is 79.9. The third-order valence-electron chi connectivity index (χ3n) is 2.64. The lowest BCUT2D eigenvalue weighted by Crippen LogP contribution is -2.30. The Kier molecular flexibility index (Phi) is 2.84. The summed E-state index contributed by atoms with van der Waals surface area (Å²) in [5.74, 6) is -0.0141. The van der Waals surface area contributed by atoms with Crippen molar-refractivity contribution in [2.45, 2.75) is 12.5 Å². The van der Waals surface area contributed by atoms with E-state index in [4.69, 9.17) is 0 Å². The van der Waals surface area contributed by atoms with E-state index in [0.29, 0.717) is 25.2 Å². The lowest BCUT2D eigenvalue weighted by molar-refractivity contribution is 0.0755. The van der Waals surface area contributed by atoms with Gasteiger partial charge in [-0.1, -0.05) is 0 Å². The van der Waals surface area contributed by atoms with Crippen LogP contribution in [0.2, 0.25) is 0 Å². The van der Waals surface area contributed by atoms with E-state index in [-0.39, 0.29) is 12.0 Å². The molecular weight excluding hydrogens is 260 g/mol. The van der Waals surface area contributed by atoms with Crippen molar-refractivity contribution in [3.8, 4) is 0 Å². The van der Waals surface area contributed by atoms with Gasteiger partial charge in [-0.3, -0.25) is 4.79 Å². The second-order valence-electron chi connectivity index (χ2n) is 3.85. The van der Waals surface area contributed by atoms with Crippen molar-refractivity contribution < 1.29 is 9.90 Å². The predicted molar refractivity (Wildman–Crippen MR) is 59.6 cm³/mol. The number of likely N-dealkylation sites (tertiary alicyclic amines) is 1. The standard InChI is InChI=1S/C10H13BrN2O2/c1-12-5-7(11)4-9(12)10(15)13-3-2-8(14)6-13/h4-5,8,14H,2-3,6H2,1H3/t8-/m0/s1. The van der Waals surface area contributed by atoms with E-state index in [1.807, 2.05) is 13.2 Å². The van der Waals surface area contributed by atoms with E-state index in [0.717, 1.165) is 4.47 Å². The first kappa shape index (κ1) is 10.7. The van der Waals surface area contributed by atoms with Gasteiger partial charge in [0.15, 0.2) is 0 Å². The molecule has 0 aliphatic carbocycles. The summed E-state index contributed by atoms with van der Waals surface area (Å²) in [5, 5.41) is 9.36. The Morgan fingerprint density at radius 1 is 1.67 bits per heavy atom. The Morgan fingerprint density at radius 2 is 2.40 bits per heavy atom. The largest absolute Gasteiger partial charge is 0.391 e. The molecule has 1 aromatic rings. The number of aliphatic hydroxyl groups is 1. The van der Waals surface area contributed by atoms with Gasteiger partial charge in [0.1, 0.15) is 5.69 Å². The molecule has 0 radical (unpaired) electrons. The quantitative estimate of drug-likeness (QED) is 0.829. The molecule has 4 nitrogen and oxygen atoms in total. The van der Waals surface area contributed by atoms with Crippen LogP contribution < -0.4 is 0 Å². The Morgan fingerprint density at radius 3 is 2.87 bits per heavy atom. The molecular formula is C10H13BrN2O2. The van der Waals surface area contributed by atoms with Crippen molar-refractivity contribution in [1.29, 1.82) is 0 Å². The Labute approximate surface area is 96.6 Å². The van der Waals surface area contributed by atoms with E-state index in [2.05, 4.69) is 15.9 Å². The molecule has 1 fully saturated rings. The van der Waals surface area contributed by atoms with Crippen molar-refractivity contribution in [2.24, 2.45) is 7.05 Å². The number of rotatable bonds is 1. The van der Waals surface area contributed by atoms with Gasteiger partial charge < -0.3 is 14.6 Å². The highest BCUT2D eigenvalue weighted by Crippen LogP contribution is 2.18. The number of nitrogens with zero attached hydrogens (tertiary/aromatic N) is 2. The lowest BCUT2D eigenvalue weighted by atomic mass is 10.3. The molecule has 2 heterocycles. The molecule has 82 valence electrons. The van der Waals surface area contributed by atoms with Gasteiger partial charge in [0.2, 0.25) is 0 Å². The molecule has 1 amide bonds. The fourth-order valence-corrected chi connectivity index (χ4v) is 2.35. The van der Waals surface area contributed by atoms with Crippen molar-refractivity contribution in [1.82, 2.24) is 9.47 Å². The summed E-state index contributed by atoms with van der Waals surface area (Å²) in [6, 6.07) is 1.80. The molecule has 2 rings (SSSR count). The number of carbonyl (C=O) groups excluding carboxylic acids is 1. The number of aromatic nitrogens is 1. The Hall–Kier alpha value is -0.810. The number of hydrogen-bond acceptors (Lipinski definition) is 2. The minimum Gasteiger partial charge on any atom is -0.391 e. The Balaban J connectivity index is 2.17. The van der Waals surface area contributed by atoms with Crippen LogP contribution in [0.1, 0.15) is 16.9 Å². The zero-order chi connectivity index (χ0) is 11.0. The molecule has 0 unspecified atom stereocenters. The number of β-amino-alcohol motifs (C(OH)–C–C–N with tert-alkyl or cyclic N) is 1. The first-order valence-electron chi connectivity index (χ1n) is 4.87. The first-order valence-corrected chi connectivity index (χ1v) is 5.66. The van der Waals surface area contributed by atoms with Crippen LogP contribution in [-0.2, 0) is 7.05 Å². The molecule has 0 bridgehead atoms. The molecule has 1 aliphatic heterocycles. The topological polar surface area (TPSA) is 45.5 Å². The molecule has 1 aromatic heterocycles. The molecule has 1 N–H and O–H groups in total. The summed E-state index contributed by atoms with van der Waals surface area (Å²) in [6.45, 7) is 1.09. The van der Waals surface area contributed by atoms with Gasteiger partial charge in [-0.15, -0.1) is 0 Å². The summed E-state index contributed by atoms with van der Waals surface area (Å²) in [7, 11) is 1.84. The normalized spacial score (nSPS) is 21.0. The molecule has 5 heteroatoms. The molecule has 1 saturated heterocycles. The molecule has 0 aromatic carbocycles. The predicted octanol–water partition coefficient (Wildman–Crippen LogP) is 0.994. The summed E-state index contributed by atoms with van der Waals surface area (Å²) < 4.78 is 2.69. The van der Waals surface area contributed by atoms with Gasteiger partial charge in [-0.05, 0) is 28.4 Å². The minimum absolute atomic E-state index is 0.0141. The highest BCUT2D eigenvalue weighted by molar-refractivity contribution is 9.10. The number of hydrogen-bond donors (Lipinski definition) is 1. The molecule has 0 saturated carbocycles. The van der Waals surface area contributed by atoms with Crippen LogP contribution in [0.5, 0.6) is 0 Å². The van der Waals surface area contributed by atoms with E-state index in [1.165, 1.54) is 0 Å². The van der Waals surface area contributed by atoms with Gasteiger partial charge in [-0.25, -0.2) is 0 Å². The molecule has 1 aliphatic rings. The van der Waals surface area contributed by atoms with Crippen LogP contribution in [0, 0.1) is 0 Å². The summed E-state index contributed by atoms with van der Waals surface area (Å²) in [4.78, 5) is 13.7. The molecule has 15 heavy (non-hydrogen) atoms. The SMILES string of the molecule is Cn1cc(Br)cc1C(=O)N1CC[C@H](O)C1. The lowest BCUT2D eigenvalue weighted by Gasteiger charge is -2.15. The van der Waals surface area contributed by atoms with Gasteiger partial charge in [0, 0.05) is 30.8 Å². The van der Waals surface area contributed by atoms with Crippen LogP contribution in [-0.4, -0.2) is 39.7 Å². The number of amides is 1. The smallest absolute Gasteiger partial charge is 0.270 e. The maximum atomic E-state index is 12.0. The average Bonchev–Trinajstić information content (AvgIpc) is 2.71. The van der Waals surface area contributed by atoms with Crippen LogP contribution in [0.15, 0.2) is 16.7 Å². The third-order valence-corrected chi connectivity index (χ3v) is 3.07. The van der Waals surface area contributed by atoms with E-state index < -0.39 is 0 Å². The second-order valence-corrected chi connectivity index (χ2v) is 4.76. The monoisotopic (exact) mass is 272 g/mol. The maximum Gasteiger partial charge on any atom is 0.270 e. The summed E-state index contributed by atoms with van der Waals surface area (Å²) >= 11 is 3.33. The van der Waals surface area contributed by atoms with Gasteiger partial charge in [0.05, 0.1) is 6.10 Å². The Bertz CT molecular complexity index is 389. The van der Waals surface area contributed by atoms with Crippen molar-refractivity contribution in [3.63, 3.8) is 0 Å². The minimum atomic E-state index is -0.363. The fourth-order valence-electron chi connectivity index (χ4n) is 1.83. The second kappa shape index (κ2) is 3.98. The van der Waals surface area contributed by atoms with E-state index in [9.17, 15) is 9.90 Å². The number of carbonyl (C=O) groups is 1. The number of halogens is 1. The molecule has 1 atom stereocenters. The highest BCUT2D eigenvalue weighted by Gasteiger charge is 2.26.